The van der Waals surface area contributed by atoms with Gasteiger partial charge < -0.3 is 10.1 Å². The van der Waals surface area contributed by atoms with Crippen molar-refractivity contribution in [1.82, 2.24) is 4.72 Å². The smallest absolute Gasteiger partial charge is 0.338 e. The van der Waals surface area contributed by atoms with E-state index in [4.69, 9.17) is 4.74 Å². The fourth-order valence-electron chi connectivity index (χ4n) is 2.25. The van der Waals surface area contributed by atoms with E-state index in [1.54, 1.807) is 6.92 Å². The average Bonchev–Trinajstić information content (AvgIpc) is 2.69. The van der Waals surface area contributed by atoms with Crippen LogP contribution >= 0.6 is 0 Å². The van der Waals surface area contributed by atoms with Gasteiger partial charge in [-0.25, -0.2) is 22.3 Å². The number of carbonyl (C=O) groups excluding carboxylic acids is 2. The Morgan fingerprint density at radius 2 is 1.62 bits per heavy atom. The summed E-state index contributed by atoms with van der Waals surface area (Å²) in [6, 6.07) is 10.2. The van der Waals surface area contributed by atoms with Gasteiger partial charge in [-0.05, 0) is 68.8 Å². The molecular weight excluding hydrogens is 399 g/mol. The molecule has 0 spiro atoms. The minimum Gasteiger partial charge on any atom is -0.449 e. The monoisotopic (exact) mass is 422 g/mol. The maximum atomic E-state index is 12.9. The number of amides is 1. The first-order valence-electron chi connectivity index (χ1n) is 9.02. The standard InChI is InChI=1S/C20H23FN2O5S/c1-4-13(2)23-29(26,27)18-11-5-15(6-12-18)20(25)28-14(3)19(24)22-17-9-7-16(21)8-10-17/h5-14,23H,4H2,1-3H3,(H,22,24)/t13-,14-/m0/s1. The molecule has 0 aliphatic carbocycles. The molecule has 2 aromatic carbocycles. The summed E-state index contributed by atoms with van der Waals surface area (Å²) in [5, 5.41) is 2.51. The maximum Gasteiger partial charge on any atom is 0.338 e. The summed E-state index contributed by atoms with van der Waals surface area (Å²) in [6.45, 7) is 5.01. The van der Waals surface area contributed by atoms with Gasteiger partial charge in [-0.2, -0.15) is 0 Å². The van der Waals surface area contributed by atoms with Gasteiger partial charge in [0.05, 0.1) is 10.5 Å². The van der Waals surface area contributed by atoms with Crippen molar-refractivity contribution in [2.45, 2.75) is 44.2 Å². The molecule has 29 heavy (non-hydrogen) atoms. The summed E-state index contributed by atoms with van der Waals surface area (Å²) >= 11 is 0. The van der Waals surface area contributed by atoms with E-state index in [-0.39, 0.29) is 16.5 Å². The largest absolute Gasteiger partial charge is 0.449 e. The lowest BCUT2D eigenvalue weighted by Gasteiger charge is -2.14. The van der Waals surface area contributed by atoms with E-state index >= 15 is 0 Å². The van der Waals surface area contributed by atoms with Crippen molar-refractivity contribution < 1.29 is 27.1 Å². The topological polar surface area (TPSA) is 102 Å². The molecule has 7 nitrogen and oxygen atoms in total. The minimum absolute atomic E-state index is 0.0245. The first kappa shape index (κ1) is 22.5. The van der Waals surface area contributed by atoms with E-state index in [1.807, 2.05) is 6.92 Å². The lowest BCUT2D eigenvalue weighted by Crippen LogP contribution is -2.32. The molecule has 2 aromatic rings. The van der Waals surface area contributed by atoms with Crippen molar-refractivity contribution in [2.24, 2.45) is 0 Å². The van der Waals surface area contributed by atoms with Crippen LogP contribution in [-0.2, 0) is 19.6 Å². The average molecular weight is 422 g/mol. The molecule has 2 atom stereocenters. The van der Waals surface area contributed by atoms with E-state index in [1.165, 1.54) is 55.5 Å². The summed E-state index contributed by atoms with van der Waals surface area (Å²) in [7, 11) is -3.68. The summed E-state index contributed by atoms with van der Waals surface area (Å²) in [6.07, 6.45) is -0.468. The molecule has 0 unspecified atom stereocenters. The number of ether oxygens (including phenoxy) is 1. The predicted molar refractivity (Wildman–Crippen MR) is 106 cm³/mol. The summed E-state index contributed by atoms with van der Waals surface area (Å²) in [5.41, 5.74) is 0.469. The van der Waals surface area contributed by atoms with Crippen LogP contribution in [0, 0.1) is 5.82 Å². The number of esters is 1. The maximum absolute atomic E-state index is 12.9. The highest BCUT2D eigenvalue weighted by molar-refractivity contribution is 7.89. The Morgan fingerprint density at radius 3 is 2.17 bits per heavy atom. The highest BCUT2D eigenvalue weighted by Gasteiger charge is 2.21. The molecule has 0 radical (unpaired) electrons. The van der Waals surface area contributed by atoms with Gasteiger partial charge in [0.25, 0.3) is 5.91 Å². The van der Waals surface area contributed by atoms with Crippen LogP contribution in [0.1, 0.15) is 37.6 Å². The Hall–Kier alpha value is -2.78. The number of anilines is 1. The van der Waals surface area contributed by atoms with Crippen molar-refractivity contribution in [1.29, 1.82) is 0 Å². The molecule has 9 heteroatoms. The van der Waals surface area contributed by atoms with Gasteiger partial charge in [0, 0.05) is 11.7 Å². The second kappa shape index (κ2) is 9.62. The molecule has 0 saturated heterocycles. The number of hydrogen-bond acceptors (Lipinski definition) is 5. The van der Waals surface area contributed by atoms with E-state index in [2.05, 4.69) is 10.0 Å². The second-order valence-corrected chi connectivity index (χ2v) is 8.21. The predicted octanol–water partition coefficient (Wildman–Crippen LogP) is 3.09. The zero-order valence-electron chi connectivity index (χ0n) is 16.3. The van der Waals surface area contributed by atoms with Gasteiger partial charge >= 0.3 is 5.97 Å². The minimum atomic E-state index is -3.68. The molecule has 2 rings (SSSR count). The highest BCUT2D eigenvalue weighted by Crippen LogP contribution is 2.14. The van der Waals surface area contributed by atoms with Crippen LogP contribution in [0.15, 0.2) is 53.4 Å². The molecule has 1 amide bonds. The van der Waals surface area contributed by atoms with Crippen molar-refractivity contribution in [2.75, 3.05) is 5.32 Å². The summed E-state index contributed by atoms with van der Waals surface area (Å²) in [4.78, 5) is 24.4. The molecule has 0 fully saturated rings. The van der Waals surface area contributed by atoms with Crippen molar-refractivity contribution in [3.8, 4) is 0 Å². The van der Waals surface area contributed by atoms with Crippen LogP contribution in [0.5, 0.6) is 0 Å². The lowest BCUT2D eigenvalue weighted by molar-refractivity contribution is -0.123. The summed E-state index contributed by atoms with van der Waals surface area (Å²) < 4.78 is 45.0. The number of hydrogen-bond donors (Lipinski definition) is 2. The zero-order chi connectivity index (χ0) is 21.6. The normalized spacial score (nSPS) is 13.4. The quantitative estimate of drug-likeness (QED) is 0.637. The van der Waals surface area contributed by atoms with Gasteiger partial charge in [0.15, 0.2) is 6.10 Å². The van der Waals surface area contributed by atoms with Gasteiger partial charge in [-0.1, -0.05) is 6.92 Å². The third-order valence-corrected chi connectivity index (χ3v) is 5.74. The van der Waals surface area contributed by atoms with Crippen LogP contribution in [0.4, 0.5) is 10.1 Å². The van der Waals surface area contributed by atoms with Gasteiger partial charge in [0.2, 0.25) is 10.0 Å². The second-order valence-electron chi connectivity index (χ2n) is 6.50. The fraction of sp³-hybridized carbons (Fsp3) is 0.300. The van der Waals surface area contributed by atoms with Gasteiger partial charge in [0.1, 0.15) is 5.82 Å². The SMILES string of the molecule is CC[C@H](C)NS(=O)(=O)c1ccc(C(=O)O[C@@H](C)C(=O)Nc2ccc(F)cc2)cc1. The Labute approximate surface area is 169 Å². The molecule has 0 aliphatic heterocycles. The van der Waals surface area contributed by atoms with E-state index in [0.29, 0.717) is 12.1 Å². The number of nitrogens with one attached hydrogen (secondary N) is 2. The molecule has 156 valence electrons. The first-order chi connectivity index (χ1) is 13.6. The van der Waals surface area contributed by atoms with Crippen molar-refractivity contribution in [3.63, 3.8) is 0 Å². The Bertz CT molecular complexity index is 959. The van der Waals surface area contributed by atoms with Crippen LogP contribution in [-0.4, -0.2) is 32.4 Å². The molecule has 0 heterocycles. The third kappa shape index (κ3) is 6.37. The molecule has 0 aromatic heterocycles. The van der Waals surface area contributed by atoms with Crippen molar-refractivity contribution in [3.05, 3.63) is 59.9 Å². The van der Waals surface area contributed by atoms with E-state index < -0.39 is 33.8 Å². The molecule has 0 aliphatic rings. The van der Waals surface area contributed by atoms with Crippen LogP contribution < -0.4 is 10.0 Å². The highest BCUT2D eigenvalue weighted by atomic mass is 32.2. The number of rotatable bonds is 8. The third-order valence-electron chi connectivity index (χ3n) is 4.13. The van der Waals surface area contributed by atoms with E-state index in [9.17, 15) is 22.4 Å². The number of halogens is 1. The number of benzene rings is 2. The Morgan fingerprint density at radius 1 is 1.03 bits per heavy atom. The Kier molecular flexibility index (Phi) is 7.46. The first-order valence-corrected chi connectivity index (χ1v) is 10.5. The molecule has 0 bridgehead atoms. The van der Waals surface area contributed by atoms with Crippen LogP contribution in [0.2, 0.25) is 0 Å². The molecular formula is C20H23FN2O5S. The van der Waals surface area contributed by atoms with Gasteiger partial charge in [-0.15, -0.1) is 0 Å². The molecule has 0 saturated carbocycles. The Balaban J connectivity index is 1.99. The van der Waals surface area contributed by atoms with E-state index in [0.717, 1.165) is 0 Å². The van der Waals surface area contributed by atoms with Crippen molar-refractivity contribution >= 4 is 27.6 Å². The summed E-state index contributed by atoms with van der Waals surface area (Å²) in [5.74, 6) is -1.79. The zero-order valence-corrected chi connectivity index (χ0v) is 17.1. The molecule has 2 N–H and O–H groups in total. The van der Waals surface area contributed by atoms with Crippen LogP contribution in [0.3, 0.4) is 0 Å². The fourth-order valence-corrected chi connectivity index (χ4v) is 3.57. The van der Waals surface area contributed by atoms with Crippen LogP contribution in [0.25, 0.3) is 0 Å². The number of sulfonamides is 1. The van der Waals surface area contributed by atoms with Gasteiger partial charge in [-0.3, -0.25) is 4.79 Å². The number of carbonyl (C=O) groups is 2. The lowest BCUT2D eigenvalue weighted by atomic mass is 10.2.